The Morgan fingerprint density at radius 3 is 2.21 bits per heavy atom. The van der Waals surface area contributed by atoms with Crippen molar-refractivity contribution in [3.05, 3.63) is 0 Å². The number of rotatable bonds is 7. The fourth-order valence-electron chi connectivity index (χ4n) is 1.15. The Balaban J connectivity index is 3.78. The predicted octanol–water partition coefficient (Wildman–Crippen LogP) is 0.182. The van der Waals surface area contributed by atoms with Crippen molar-refractivity contribution >= 4 is 5.91 Å². The molecule has 3 N–H and O–H groups in total. The van der Waals surface area contributed by atoms with Crippen molar-refractivity contribution in [2.75, 3.05) is 26.2 Å². The molecule has 0 rings (SSSR count). The second kappa shape index (κ2) is 5.98. The second-order valence-corrected chi connectivity index (χ2v) is 3.94. The average Bonchev–Trinajstić information content (AvgIpc) is 2.12. The van der Waals surface area contributed by atoms with Gasteiger partial charge in [0.25, 0.3) is 0 Å². The Kier molecular flexibility index (Phi) is 5.72. The van der Waals surface area contributed by atoms with Gasteiger partial charge in [-0.2, -0.15) is 0 Å². The van der Waals surface area contributed by atoms with Crippen LogP contribution in [-0.4, -0.2) is 42.5 Å². The van der Waals surface area contributed by atoms with Crippen molar-refractivity contribution in [3.8, 4) is 0 Å². The molecule has 0 fully saturated rings. The summed E-state index contributed by atoms with van der Waals surface area (Å²) in [5.41, 5.74) is 4.63. The van der Waals surface area contributed by atoms with Gasteiger partial charge < -0.3 is 16.0 Å². The van der Waals surface area contributed by atoms with Crippen LogP contribution < -0.4 is 11.1 Å². The van der Waals surface area contributed by atoms with Gasteiger partial charge in [-0.05, 0) is 26.9 Å². The molecule has 0 aliphatic carbocycles. The monoisotopic (exact) mass is 201 g/mol. The van der Waals surface area contributed by atoms with Gasteiger partial charge in [0.15, 0.2) is 0 Å². The van der Waals surface area contributed by atoms with Gasteiger partial charge in [-0.15, -0.1) is 0 Å². The van der Waals surface area contributed by atoms with E-state index in [-0.39, 0.29) is 5.91 Å². The molecule has 84 valence electrons. The number of likely N-dealkylation sites (N-methyl/N-ethyl adjacent to an activating group) is 1. The van der Waals surface area contributed by atoms with E-state index in [2.05, 4.69) is 24.1 Å². The van der Waals surface area contributed by atoms with E-state index in [1.54, 1.807) is 13.8 Å². The normalized spacial score (nSPS) is 12.1. The molecule has 0 bridgehead atoms. The summed E-state index contributed by atoms with van der Waals surface area (Å²) in [7, 11) is 0. The highest BCUT2D eigenvalue weighted by Gasteiger charge is 2.23. The summed E-state index contributed by atoms with van der Waals surface area (Å²) in [6.45, 7) is 11.7. The van der Waals surface area contributed by atoms with E-state index in [0.717, 1.165) is 26.2 Å². The van der Waals surface area contributed by atoms with Gasteiger partial charge in [0, 0.05) is 13.1 Å². The number of amides is 1. The van der Waals surface area contributed by atoms with Crippen molar-refractivity contribution in [1.29, 1.82) is 0 Å². The third-order valence-corrected chi connectivity index (χ3v) is 2.51. The number of carbonyl (C=O) groups is 1. The molecule has 4 heteroatoms. The maximum Gasteiger partial charge on any atom is 0.237 e. The predicted molar refractivity (Wildman–Crippen MR) is 59.1 cm³/mol. The number of nitrogens with two attached hydrogens (primary N) is 1. The van der Waals surface area contributed by atoms with Gasteiger partial charge in [0.2, 0.25) is 5.91 Å². The summed E-state index contributed by atoms with van der Waals surface area (Å²) in [5.74, 6) is -0.308. The summed E-state index contributed by atoms with van der Waals surface area (Å²) in [6.07, 6.45) is 0. The molecule has 0 aromatic carbocycles. The number of nitrogens with one attached hydrogen (secondary N) is 1. The number of carbonyl (C=O) groups excluding carboxylic acids is 1. The van der Waals surface area contributed by atoms with Crippen molar-refractivity contribution < 1.29 is 4.79 Å². The van der Waals surface area contributed by atoms with Gasteiger partial charge in [-0.3, -0.25) is 4.79 Å². The lowest BCUT2D eigenvalue weighted by molar-refractivity contribution is -0.123. The Bertz CT molecular complexity index is 176. The Morgan fingerprint density at radius 1 is 1.36 bits per heavy atom. The minimum atomic E-state index is -0.604. The minimum absolute atomic E-state index is 0.308. The first kappa shape index (κ1) is 13.4. The summed E-state index contributed by atoms with van der Waals surface area (Å²) in [4.78, 5) is 13.3. The SMILES string of the molecule is CCN(CC)CCNC(C)(C)C(N)=O. The number of hydrogen-bond acceptors (Lipinski definition) is 3. The molecule has 0 spiro atoms. The van der Waals surface area contributed by atoms with E-state index in [0.29, 0.717) is 0 Å². The third-order valence-electron chi connectivity index (χ3n) is 2.51. The molecule has 0 radical (unpaired) electrons. The summed E-state index contributed by atoms with van der Waals surface area (Å²) >= 11 is 0. The largest absolute Gasteiger partial charge is 0.368 e. The van der Waals surface area contributed by atoms with E-state index in [1.165, 1.54) is 0 Å². The van der Waals surface area contributed by atoms with E-state index < -0.39 is 5.54 Å². The summed E-state index contributed by atoms with van der Waals surface area (Å²) in [5, 5.41) is 3.14. The molecule has 14 heavy (non-hydrogen) atoms. The zero-order valence-corrected chi connectivity index (χ0v) is 9.76. The van der Waals surface area contributed by atoms with Crippen LogP contribution in [0.25, 0.3) is 0 Å². The Labute approximate surface area is 86.8 Å². The van der Waals surface area contributed by atoms with Crippen molar-refractivity contribution in [1.82, 2.24) is 10.2 Å². The van der Waals surface area contributed by atoms with Crippen LogP contribution in [0.15, 0.2) is 0 Å². The molecule has 0 aromatic heterocycles. The molecule has 1 amide bonds. The molecule has 0 atom stereocenters. The van der Waals surface area contributed by atoms with Gasteiger partial charge >= 0.3 is 0 Å². The van der Waals surface area contributed by atoms with Crippen LogP contribution in [0.2, 0.25) is 0 Å². The number of primary amides is 1. The van der Waals surface area contributed by atoms with Crippen LogP contribution in [-0.2, 0) is 4.79 Å². The van der Waals surface area contributed by atoms with Gasteiger partial charge in [-0.25, -0.2) is 0 Å². The molecule has 0 aromatic rings. The van der Waals surface area contributed by atoms with Crippen molar-refractivity contribution in [2.45, 2.75) is 33.2 Å². The van der Waals surface area contributed by atoms with Gasteiger partial charge in [0.1, 0.15) is 0 Å². The van der Waals surface area contributed by atoms with Crippen molar-refractivity contribution in [2.24, 2.45) is 5.73 Å². The molecular formula is C10H23N3O. The second-order valence-electron chi connectivity index (χ2n) is 3.94. The van der Waals surface area contributed by atoms with E-state index in [4.69, 9.17) is 5.73 Å². The Hall–Kier alpha value is -0.610. The van der Waals surface area contributed by atoms with E-state index in [1.807, 2.05) is 0 Å². The first-order valence-corrected chi connectivity index (χ1v) is 5.21. The molecular weight excluding hydrogens is 178 g/mol. The lowest BCUT2D eigenvalue weighted by Gasteiger charge is -2.25. The smallest absolute Gasteiger partial charge is 0.237 e. The molecule has 0 saturated heterocycles. The summed E-state index contributed by atoms with van der Waals surface area (Å²) in [6, 6.07) is 0. The fourth-order valence-corrected chi connectivity index (χ4v) is 1.15. The van der Waals surface area contributed by atoms with E-state index >= 15 is 0 Å². The van der Waals surface area contributed by atoms with Crippen molar-refractivity contribution in [3.63, 3.8) is 0 Å². The zero-order chi connectivity index (χ0) is 11.2. The van der Waals surface area contributed by atoms with Crippen LogP contribution in [0.3, 0.4) is 0 Å². The highest BCUT2D eigenvalue weighted by Crippen LogP contribution is 1.99. The van der Waals surface area contributed by atoms with Crippen LogP contribution in [0.4, 0.5) is 0 Å². The molecule has 0 aliphatic heterocycles. The topological polar surface area (TPSA) is 58.4 Å². The molecule has 0 heterocycles. The lowest BCUT2D eigenvalue weighted by Crippen LogP contribution is -2.52. The van der Waals surface area contributed by atoms with Gasteiger partial charge in [0.05, 0.1) is 5.54 Å². The molecule has 4 nitrogen and oxygen atoms in total. The van der Waals surface area contributed by atoms with Gasteiger partial charge in [-0.1, -0.05) is 13.8 Å². The average molecular weight is 201 g/mol. The van der Waals surface area contributed by atoms with Crippen LogP contribution >= 0.6 is 0 Å². The minimum Gasteiger partial charge on any atom is -0.368 e. The maximum atomic E-state index is 11.0. The van der Waals surface area contributed by atoms with E-state index in [9.17, 15) is 4.79 Å². The zero-order valence-electron chi connectivity index (χ0n) is 9.76. The summed E-state index contributed by atoms with van der Waals surface area (Å²) < 4.78 is 0. The highest BCUT2D eigenvalue weighted by atomic mass is 16.1. The maximum absolute atomic E-state index is 11.0. The van der Waals surface area contributed by atoms with Crippen LogP contribution in [0.1, 0.15) is 27.7 Å². The molecule has 0 saturated carbocycles. The first-order chi connectivity index (χ1) is 6.44. The van der Waals surface area contributed by atoms with Crippen LogP contribution in [0.5, 0.6) is 0 Å². The number of hydrogen-bond donors (Lipinski definition) is 2. The highest BCUT2D eigenvalue weighted by molar-refractivity contribution is 5.83. The first-order valence-electron chi connectivity index (χ1n) is 5.21. The number of nitrogens with zero attached hydrogens (tertiary/aromatic N) is 1. The standard InChI is InChI=1S/C10H23N3O/c1-5-13(6-2)8-7-12-10(3,4)9(11)14/h12H,5-8H2,1-4H3,(H2,11,14). The van der Waals surface area contributed by atoms with Crippen LogP contribution in [0, 0.1) is 0 Å². The quantitative estimate of drug-likeness (QED) is 0.618. The third kappa shape index (κ3) is 4.58. The lowest BCUT2D eigenvalue weighted by atomic mass is 10.1. The molecule has 0 aliphatic rings. The fraction of sp³-hybridized carbons (Fsp3) is 0.900. The Morgan fingerprint density at radius 2 is 1.86 bits per heavy atom. The molecule has 0 unspecified atom stereocenters.